The number of aromatic nitrogens is 2. The van der Waals surface area contributed by atoms with E-state index in [4.69, 9.17) is 0 Å². The van der Waals surface area contributed by atoms with Crippen LogP contribution in [0.1, 0.15) is 34.6 Å². The van der Waals surface area contributed by atoms with E-state index in [-0.39, 0.29) is 34.7 Å². The second-order valence-electron chi connectivity index (χ2n) is 6.97. The summed E-state index contributed by atoms with van der Waals surface area (Å²) >= 11 is 1.20. The number of alkyl halides is 3. The smallest absolute Gasteiger partial charge is 0.310 e. The highest BCUT2D eigenvalue weighted by Crippen LogP contribution is 2.36. The van der Waals surface area contributed by atoms with E-state index >= 15 is 0 Å². The molecule has 0 aliphatic carbocycles. The van der Waals surface area contributed by atoms with E-state index < -0.39 is 23.2 Å². The SMILES string of the molecule is O=C1CC(c2ccc(C(F)(F)F)cc2)c2c(nc(SCc3ccc(F)cc3)[nH]c2=O)N1. The number of anilines is 1. The molecule has 0 radical (unpaired) electrons. The first-order valence-corrected chi connectivity index (χ1v) is 10.2. The van der Waals surface area contributed by atoms with E-state index in [2.05, 4.69) is 15.3 Å². The van der Waals surface area contributed by atoms with Crippen molar-refractivity contribution in [1.29, 1.82) is 0 Å². The number of hydrogen-bond acceptors (Lipinski definition) is 4. The molecular formula is C21H15F4N3O2S. The zero-order valence-electron chi connectivity index (χ0n) is 15.8. The van der Waals surface area contributed by atoms with Gasteiger partial charge in [0.15, 0.2) is 5.16 Å². The number of benzene rings is 2. The normalized spacial score (nSPS) is 16.0. The van der Waals surface area contributed by atoms with Gasteiger partial charge in [-0.05, 0) is 35.4 Å². The summed E-state index contributed by atoms with van der Waals surface area (Å²) in [6.45, 7) is 0. The Kier molecular flexibility index (Phi) is 5.57. The van der Waals surface area contributed by atoms with Gasteiger partial charge in [-0.15, -0.1) is 0 Å². The Bertz CT molecular complexity index is 1180. The van der Waals surface area contributed by atoms with Gasteiger partial charge < -0.3 is 10.3 Å². The second-order valence-corrected chi connectivity index (χ2v) is 7.94. The van der Waals surface area contributed by atoms with Crippen LogP contribution in [0.3, 0.4) is 0 Å². The van der Waals surface area contributed by atoms with Crippen LogP contribution in [0.15, 0.2) is 58.5 Å². The molecule has 1 aliphatic heterocycles. The monoisotopic (exact) mass is 449 g/mol. The van der Waals surface area contributed by atoms with Crippen LogP contribution in [0.25, 0.3) is 0 Å². The van der Waals surface area contributed by atoms with E-state index in [1.165, 1.54) is 36.0 Å². The molecule has 1 amide bonds. The Morgan fingerprint density at radius 2 is 1.71 bits per heavy atom. The standard InChI is InChI=1S/C21H15F4N3O2S/c22-14-7-1-11(2-8-14)10-31-20-27-18-17(19(30)28-20)15(9-16(29)26-18)12-3-5-13(6-4-12)21(23,24)25/h1-8,15H,9-10H2,(H2,26,27,28,29,30). The topological polar surface area (TPSA) is 74.8 Å². The first-order valence-electron chi connectivity index (χ1n) is 9.19. The zero-order chi connectivity index (χ0) is 22.2. The number of fused-ring (bicyclic) bond motifs is 1. The summed E-state index contributed by atoms with van der Waals surface area (Å²) in [6, 6.07) is 10.3. The predicted molar refractivity (Wildman–Crippen MR) is 107 cm³/mol. The van der Waals surface area contributed by atoms with Crippen molar-refractivity contribution in [3.05, 3.63) is 87.0 Å². The number of halogens is 4. The maximum atomic E-state index is 13.0. The van der Waals surface area contributed by atoms with Crippen LogP contribution in [0.5, 0.6) is 0 Å². The molecule has 0 bridgehead atoms. The molecule has 1 unspecified atom stereocenters. The van der Waals surface area contributed by atoms with Crippen molar-refractivity contribution >= 4 is 23.5 Å². The summed E-state index contributed by atoms with van der Waals surface area (Å²) in [6.07, 6.45) is -4.55. The fraction of sp³-hybridized carbons (Fsp3) is 0.190. The number of nitrogens with one attached hydrogen (secondary N) is 2. The molecule has 10 heteroatoms. The molecule has 2 heterocycles. The summed E-state index contributed by atoms with van der Waals surface area (Å²) < 4.78 is 51.5. The lowest BCUT2D eigenvalue weighted by Gasteiger charge is -2.24. The van der Waals surface area contributed by atoms with Crippen LogP contribution >= 0.6 is 11.8 Å². The first kappa shape index (κ1) is 21.1. The number of hydrogen-bond donors (Lipinski definition) is 2. The van der Waals surface area contributed by atoms with Crippen molar-refractivity contribution in [3.8, 4) is 0 Å². The Morgan fingerprint density at radius 3 is 2.35 bits per heavy atom. The summed E-state index contributed by atoms with van der Waals surface area (Å²) in [7, 11) is 0. The van der Waals surface area contributed by atoms with Crippen molar-refractivity contribution in [1.82, 2.24) is 9.97 Å². The maximum absolute atomic E-state index is 13.0. The summed E-state index contributed by atoms with van der Waals surface area (Å²) in [5, 5.41) is 2.83. The molecule has 0 saturated heterocycles. The highest BCUT2D eigenvalue weighted by Gasteiger charge is 2.33. The summed E-state index contributed by atoms with van der Waals surface area (Å²) in [4.78, 5) is 31.9. The van der Waals surface area contributed by atoms with Crippen LogP contribution in [0.4, 0.5) is 23.4 Å². The summed E-state index contributed by atoms with van der Waals surface area (Å²) in [5.41, 5.74) is 0.153. The van der Waals surface area contributed by atoms with Crippen molar-refractivity contribution in [2.24, 2.45) is 0 Å². The van der Waals surface area contributed by atoms with Crippen molar-refractivity contribution in [3.63, 3.8) is 0 Å². The van der Waals surface area contributed by atoms with Gasteiger partial charge in [0.1, 0.15) is 11.6 Å². The quantitative estimate of drug-likeness (QED) is 0.344. The number of nitrogens with zero attached hydrogens (tertiary/aromatic N) is 1. The van der Waals surface area contributed by atoms with E-state index in [9.17, 15) is 27.2 Å². The minimum atomic E-state index is -4.48. The number of aromatic amines is 1. The van der Waals surface area contributed by atoms with E-state index in [0.717, 1.165) is 17.7 Å². The third-order valence-corrected chi connectivity index (χ3v) is 5.80. The number of carbonyl (C=O) groups excluding carboxylic acids is 1. The van der Waals surface area contributed by atoms with Crippen LogP contribution in [-0.2, 0) is 16.7 Å². The average molecular weight is 449 g/mol. The van der Waals surface area contributed by atoms with Crippen molar-refractivity contribution in [2.75, 3.05) is 5.32 Å². The first-order chi connectivity index (χ1) is 14.7. The maximum Gasteiger partial charge on any atom is 0.416 e. The largest absolute Gasteiger partial charge is 0.416 e. The molecule has 160 valence electrons. The van der Waals surface area contributed by atoms with Crippen LogP contribution in [0.2, 0.25) is 0 Å². The fourth-order valence-corrected chi connectivity index (χ4v) is 4.16. The zero-order valence-corrected chi connectivity index (χ0v) is 16.6. The molecule has 31 heavy (non-hydrogen) atoms. The van der Waals surface area contributed by atoms with E-state index in [1.807, 2.05) is 0 Å². The van der Waals surface area contributed by atoms with Gasteiger partial charge in [0.25, 0.3) is 5.56 Å². The molecule has 0 fully saturated rings. The number of H-pyrrole nitrogens is 1. The molecular weight excluding hydrogens is 434 g/mol. The molecule has 4 rings (SSSR count). The lowest BCUT2D eigenvalue weighted by Crippen LogP contribution is -2.31. The molecule has 3 aromatic rings. The van der Waals surface area contributed by atoms with Crippen LogP contribution < -0.4 is 10.9 Å². The van der Waals surface area contributed by atoms with Gasteiger partial charge in [-0.1, -0.05) is 36.0 Å². The van der Waals surface area contributed by atoms with Gasteiger partial charge in [-0.3, -0.25) is 9.59 Å². The summed E-state index contributed by atoms with van der Waals surface area (Å²) in [5.74, 6) is -0.945. The van der Waals surface area contributed by atoms with Gasteiger partial charge in [0.2, 0.25) is 5.91 Å². The highest BCUT2D eigenvalue weighted by atomic mass is 32.2. The van der Waals surface area contributed by atoms with E-state index in [1.54, 1.807) is 12.1 Å². The number of amides is 1. The van der Waals surface area contributed by atoms with E-state index in [0.29, 0.717) is 11.3 Å². The minimum Gasteiger partial charge on any atom is -0.310 e. The molecule has 1 aliphatic rings. The fourth-order valence-electron chi connectivity index (χ4n) is 3.34. The molecule has 1 aromatic heterocycles. The van der Waals surface area contributed by atoms with Crippen LogP contribution in [0, 0.1) is 5.82 Å². The van der Waals surface area contributed by atoms with Crippen molar-refractivity contribution < 1.29 is 22.4 Å². The average Bonchev–Trinajstić information content (AvgIpc) is 2.72. The Morgan fingerprint density at radius 1 is 1.03 bits per heavy atom. The molecule has 2 N–H and O–H groups in total. The third kappa shape index (κ3) is 4.63. The second kappa shape index (κ2) is 8.18. The molecule has 2 aromatic carbocycles. The molecule has 0 spiro atoms. The van der Waals surface area contributed by atoms with Gasteiger partial charge in [-0.2, -0.15) is 13.2 Å². The van der Waals surface area contributed by atoms with Gasteiger partial charge in [-0.25, -0.2) is 9.37 Å². The highest BCUT2D eigenvalue weighted by molar-refractivity contribution is 7.98. The number of carbonyl (C=O) groups is 1. The Labute approximate surface area is 177 Å². The molecule has 1 atom stereocenters. The van der Waals surface area contributed by atoms with Crippen LogP contribution in [-0.4, -0.2) is 15.9 Å². The number of rotatable bonds is 4. The van der Waals surface area contributed by atoms with Gasteiger partial charge in [0.05, 0.1) is 11.1 Å². The molecule has 5 nitrogen and oxygen atoms in total. The van der Waals surface area contributed by atoms with Gasteiger partial charge in [0, 0.05) is 18.1 Å². The lowest BCUT2D eigenvalue weighted by atomic mass is 9.86. The Balaban J connectivity index is 1.62. The minimum absolute atomic E-state index is 0.0782. The van der Waals surface area contributed by atoms with Crippen molar-refractivity contribution in [2.45, 2.75) is 29.4 Å². The predicted octanol–water partition coefficient (Wildman–Crippen LogP) is 4.69. The molecule has 0 saturated carbocycles. The van der Waals surface area contributed by atoms with Gasteiger partial charge >= 0.3 is 6.18 Å². The number of thioether (sulfide) groups is 1. The lowest BCUT2D eigenvalue weighted by molar-refractivity contribution is -0.137. The Hall–Kier alpha value is -3.14. The third-order valence-electron chi connectivity index (χ3n) is 4.86.